The molecule has 0 spiro atoms. The summed E-state index contributed by atoms with van der Waals surface area (Å²) in [6.07, 6.45) is 3.60. The Labute approximate surface area is 119 Å². The summed E-state index contributed by atoms with van der Waals surface area (Å²) in [7, 11) is 1.54. The Balaban J connectivity index is 2.49. The quantitative estimate of drug-likeness (QED) is 0.628. The molecule has 20 heavy (non-hydrogen) atoms. The van der Waals surface area contributed by atoms with E-state index in [0.717, 1.165) is 25.7 Å². The van der Waals surface area contributed by atoms with Crippen LogP contribution in [-0.4, -0.2) is 37.1 Å². The predicted octanol–water partition coefficient (Wildman–Crippen LogP) is 1.33. The van der Waals surface area contributed by atoms with E-state index in [1.807, 2.05) is 0 Å². The first kappa shape index (κ1) is 16.2. The molecule has 0 radical (unpaired) electrons. The summed E-state index contributed by atoms with van der Waals surface area (Å²) >= 11 is 0. The molecule has 5 heteroatoms. The number of carbonyl (C=O) groups excluding carboxylic acids is 2. The average molecular weight is 278 g/mol. The van der Waals surface area contributed by atoms with Crippen LogP contribution in [0.3, 0.4) is 0 Å². The molecule has 0 aliphatic carbocycles. The van der Waals surface area contributed by atoms with Crippen molar-refractivity contribution in [3.8, 4) is 0 Å². The Hall–Kier alpha value is -1.88. The fourth-order valence-corrected chi connectivity index (χ4v) is 1.90. The van der Waals surface area contributed by atoms with Crippen LogP contribution in [0, 0.1) is 0 Å². The van der Waals surface area contributed by atoms with Crippen molar-refractivity contribution in [2.24, 2.45) is 0 Å². The fraction of sp³-hybridized carbons (Fsp3) is 0.467. The lowest BCUT2D eigenvalue weighted by atomic mass is 10.1. The van der Waals surface area contributed by atoms with Crippen molar-refractivity contribution in [2.75, 3.05) is 20.2 Å². The number of carbonyl (C=O) groups is 2. The van der Waals surface area contributed by atoms with Crippen molar-refractivity contribution in [1.82, 2.24) is 10.6 Å². The topological polar surface area (TPSA) is 78.4 Å². The fourth-order valence-electron chi connectivity index (χ4n) is 1.90. The Morgan fingerprint density at radius 2 is 1.60 bits per heavy atom. The summed E-state index contributed by atoms with van der Waals surface area (Å²) in [5.74, 6) is -0.495. The van der Waals surface area contributed by atoms with E-state index >= 15 is 0 Å². The third kappa shape index (κ3) is 5.01. The molecule has 2 amide bonds. The first-order valence-electron chi connectivity index (χ1n) is 6.91. The van der Waals surface area contributed by atoms with Gasteiger partial charge in [-0.15, -0.1) is 0 Å². The summed E-state index contributed by atoms with van der Waals surface area (Å²) < 4.78 is 0. The zero-order valence-corrected chi connectivity index (χ0v) is 11.8. The first-order valence-corrected chi connectivity index (χ1v) is 6.91. The van der Waals surface area contributed by atoms with Crippen LogP contribution >= 0.6 is 0 Å². The monoisotopic (exact) mass is 278 g/mol. The molecule has 3 N–H and O–H groups in total. The number of rotatable bonds is 8. The van der Waals surface area contributed by atoms with Crippen molar-refractivity contribution in [3.05, 3.63) is 35.4 Å². The number of amides is 2. The standard InChI is InChI=1S/C15H22N2O3/c1-16-14(19)12-8-4-5-9-13(12)15(20)17-10-6-2-3-7-11-18/h4-5,8-9,18H,2-3,6-7,10-11H2,1H3,(H,16,19)(H,17,20). The number of aliphatic hydroxyl groups is 1. The van der Waals surface area contributed by atoms with Crippen LogP contribution in [0.25, 0.3) is 0 Å². The van der Waals surface area contributed by atoms with E-state index < -0.39 is 0 Å². The van der Waals surface area contributed by atoms with E-state index in [-0.39, 0.29) is 18.4 Å². The minimum atomic E-state index is -0.265. The second-order valence-corrected chi connectivity index (χ2v) is 4.52. The number of unbranched alkanes of at least 4 members (excludes halogenated alkanes) is 3. The highest BCUT2D eigenvalue weighted by Crippen LogP contribution is 2.08. The molecule has 0 aliphatic rings. The lowest BCUT2D eigenvalue weighted by Gasteiger charge is -2.09. The summed E-state index contributed by atoms with van der Waals surface area (Å²) in [5.41, 5.74) is 0.773. The van der Waals surface area contributed by atoms with E-state index in [9.17, 15) is 9.59 Å². The highest BCUT2D eigenvalue weighted by Gasteiger charge is 2.14. The lowest BCUT2D eigenvalue weighted by molar-refractivity contribution is 0.0923. The van der Waals surface area contributed by atoms with Gasteiger partial charge in [-0.3, -0.25) is 9.59 Å². The van der Waals surface area contributed by atoms with Gasteiger partial charge in [0, 0.05) is 20.2 Å². The van der Waals surface area contributed by atoms with Gasteiger partial charge in [-0.25, -0.2) is 0 Å². The Bertz CT molecular complexity index is 446. The van der Waals surface area contributed by atoms with Gasteiger partial charge in [-0.1, -0.05) is 25.0 Å². The van der Waals surface area contributed by atoms with Gasteiger partial charge in [0.05, 0.1) is 11.1 Å². The van der Waals surface area contributed by atoms with E-state index in [0.29, 0.717) is 17.7 Å². The average Bonchev–Trinajstić information content (AvgIpc) is 2.49. The molecule has 5 nitrogen and oxygen atoms in total. The zero-order chi connectivity index (χ0) is 14.8. The molecule has 0 fully saturated rings. The van der Waals surface area contributed by atoms with Crippen molar-refractivity contribution in [1.29, 1.82) is 0 Å². The van der Waals surface area contributed by atoms with Gasteiger partial charge in [0.2, 0.25) is 0 Å². The summed E-state index contributed by atoms with van der Waals surface area (Å²) in [5, 5.41) is 14.0. The minimum Gasteiger partial charge on any atom is -0.396 e. The van der Waals surface area contributed by atoms with Crippen LogP contribution in [0.1, 0.15) is 46.4 Å². The van der Waals surface area contributed by atoms with Crippen molar-refractivity contribution in [3.63, 3.8) is 0 Å². The molecule has 0 unspecified atom stereocenters. The maximum absolute atomic E-state index is 12.0. The number of hydrogen-bond donors (Lipinski definition) is 3. The van der Waals surface area contributed by atoms with Gasteiger partial charge in [-0.05, 0) is 25.0 Å². The van der Waals surface area contributed by atoms with Crippen LogP contribution in [0.15, 0.2) is 24.3 Å². The molecule has 0 heterocycles. The van der Waals surface area contributed by atoms with Crippen LogP contribution in [0.5, 0.6) is 0 Å². The molecule has 0 saturated carbocycles. The second-order valence-electron chi connectivity index (χ2n) is 4.52. The van der Waals surface area contributed by atoms with Gasteiger partial charge < -0.3 is 15.7 Å². The normalized spacial score (nSPS) is 10.1. The van der Waals surface area contributed by atoms with Crippen molar-refractivity contribution >= 4 is 11.8 Å². The van der Waals surface area contributed by atoms with E-state index in [1.54, 1.807) is 24.3 Å². The van der Waals surface area contributed by atoms with Crippen molar-refractivity contribution < 1.29 is 14.7 Å². The zero-order valence-electron chi connectivity index (χ0n) is 11.8. The molecule has 1 aromatic carbocycles. The molecule has 110 valence electrons. The maximum Gasteiger partial charge on any atom is 0.252 e. The van der Waals surface area contributed by atoms with Gasteiger partial charge in [0.25, 0.3) is 11.8 Å². The third-order valence-electron chi connectivity index (χ3n) is 3.01. The second kappa shape index (κ2) is 9.09. The van der Waals surface area contributed by atoms with E-state index in [2.05, 4.69) is 10.6 Å². The molecular weight excluding hydrogens is 256 g/mol. The predicted molar refractivity (Wildman–Crippen MR) is 77.7 cm³/mol. The summed E-state index contributed by atoms with van der Waals surface area (Å²) in [6.45, 7) is 0.790. The smallest absolute Gasteiger partial charge is 0.252 e. The number of hydrogen-bond acceptors (Lipinski definition) is 3. The van der Waals surface area contributed by atoms with Crippen LogP contribution in [-0.2, 0) is 0 Å². The third-order valence-corrected chi connectivity index (χ3v) is 3.01. The molecule has 1 rings (SSSR count). The highest BCUT2D eigenvalue weighted by atomic mass is 16.3. The Morgan fingerprint density at radius 1 is 1.00 bits per heavy atom. The molecular formula is C15H22N2O3. The number of benzene rings is 1. The molecule has 0 saturated heterocycles. The lowest BCUT2D eigenvalue weighted by Crippen LogP contribution is -2.28. The summed E-state index contributed by atoms with van der Waals surface area (Å²) in [6, 6.07) is 6.75. The van der Waals surface area contributed by atoms with Crippen molar-refractivity contribution in [2.45, 2.75) is 25.7 Å². The molecule has 0 atom stereocenters. The maximum atomic E-state index is 12.0. The largest absolute Gasteiger partial charge is 0.396 e. The Morgan fingerprint density at radius 3 is 2.20 bits per heavy atom. The van der Waals surface area contributed by atoms with Gasteiger partial charge in [-0.2, -0.15) is 0 Å². The SMILES string of the molecule is CNC(=O)c1ccccc1C(=O)NCCCCCCO. The van der Waals surface area contributed by atoms with Crippen LogP contribution in [0.2, 0.25) is 0 Å². The number of aliphatic hydroxyl groups excluding tert-OH is 1. The Kier molecular flexibility index (Phi) is 7.35. The molecule has 0 aliphatic heterocycles. The van der Waals surface area contributed by atoms with Crippen LogP contribution < -0.4 is 10.6 Å². The minimum absolute atomic E-state index is 0.214. The number of nitrogens with one attached hydrogen (secondary N) is 2. The van der Waals surface area contributed by atoms with Crippen LogP contribution in [0.4, 0.5) is 0 Å². The van der Waals surface area contributed by atoms with E-state index in [1.165, 1.54) is 7.05 Å². The van der Waals surface area contributed by atoms with E-state index in [4.69, 9.17) is 5.11 Å². The van der Waals surface area contributed by atoms with Gasteiger partial charge in [0.15, 0.2) is 0 Å². The molecule has 1 aromatic rings. The highest BCUT2D eigenvalue weighted by molar-refractivity contribution is 6.07. The molecule has 0 aromatic heterocycles. The van der Waals surface area contributed by atoms with Gasteiger partial charge in [0.1, 0.15) is 0 Å². The molecule has 0 bridgehead atoms. The summed E-state index contributed by atoms with van der Waals surface area (Å²) in [4.78, 5) is 23.7. The van der Waals surface area contributed by atoms with Gasteiger partial charge >= 0.3 is 0 Å². The first-order chi connectivity index (χ1) is 9.70.